The van der Waals surface area contributed by atoms with Gasteiger partial charge in [0, 0.05) is 6.20 Å². The molecule has 4 nitrogen and oxygen atoms in total. The molecule has 0 aliphatic heterocycles. The fourth-order valence-electron chi connectivity index (χ4n) is 2.26. The van der Waals surface area contributed by atoms with Gasteiger partial charge in [-0.05, 0) is 37.1 Å². The first-order valence-electron chi connectivity index (χ1n) is 7.31. The number of pyridine rings is 1. The van der Waals surface area contributed by atoms with E-state index in [2.05, 4.69) is 47.0 Å². The third kappa shape index (κ3) is 2.89. The number of nitrogens with zero attached hydrogens (tertiary/aromatic N) is 2. The number of hydrogen-bond acceptors (Lipinski definition) is 3. The van der Waals surface area contributed by atoms with Gasteiger partial charge in [-0.2, -0.15) is 0 Å². The molecule has 2 heterocycles. The standard InChI is InChI=1S/C17H19N3O/c1-3-4-9-21-16-10-12(2)5-6-13(16)17-19-14-7-8-18-11-15(14)20-17/h5-8,10-11H,3-4,9H2,1-2H3,(H,19,20). The number of unbranched alkanes of at least 4 members (excludes halogenated alkanes) is 1. The molecule has 0 aliphatic rings. The van der Waals surface area contributed by atoms with Crippen molar-refractivity contribution in [2.45, 2.75) is 26.7 Å². The van der Waals surface area contributed by atoms with Crippen LogP contribution in [-0.4, -0.2) is 21.6 Å². The van der Waals surface area contributed by atoms with E-state index in [-0.39, 0.29) is 0 Å². The molecule has 0 aliphatic carbocycles. The van der Waals surface area contributed by atoms with Crippen LogP contribution in [0.25, 0.3) is 22.4 Å². The van der Waals surface area contributed by atoms with Gasteiger partial charge in [0.25, 0.3) is 0 Å². The van der Waals surface area contributed by atoms with Gasteiger partial charge in [-0.25, -0.2) is 4.98 Å². The summed E-state index contributed by atoms with van der Waals surface area (Å²) in [5.41, 5.74) is 4.03. The van der Waals surface area contributed by atoms with Crippen LogP contribution in [0, 0.1) is 6.92 Å². The predicted molar refractivity (Wildman–Crippen MR) is 84.5 cm³/mol. The summed E-state index contributed by atoms with van der Waals surface area (Å²) >= 11 is 0. The van der Waals surface area contributed by atoms with Crippen molar-refractivity contribution >= 4 is 11.0 Å². The Bertz CT molecular complexity index is 716. The molecule has 0 saturated heterocycles. The zero-order valence-electron chi connectivity index (χ0n) is 12.4. The van der Waals surface area contributed by atoms with Gasteiger partial charge in [-0.1, -0.05) is 19.4 Å². The van der Waals surface area contributed by atoms with Gasteiger partial charge in [0.1, 0.15) is 17.1 Å². The number of benzene rings is 1. The summed E-state index contributed by atoms with van der Waals surface area (Å²) in [6.07, 6.45) is 5.70. The summed E-state index contributed by atoms with van der Waals surface area (Å²) < 4.78 is 5.93. The van der Waals surface area contributed by atoms with Crippen molar-refractivity contribution in [2.24, 2.45) is 0 Å². The maximum atomic E-state index is 5.93. The van der Waals surface area contributed by atoms with Crippen molar-refractivity contribution in [3.05, 3.63) is 42.2 Å². The Balaban J connectivity index is 1.99. The van der Waals surface area contributed by atoms with Crippen molar-refractivity contribution in [2.75, 3.05) is 6.61 Å². The highest BCUT2D eigenvalue weighted by Gasteiger charge is 2.11. The number of H-pyrrole nitrogens is 1. The lowest BCUT2D eigenvalue weighted by molar-refractivity contribution is 0.310. The fraction of sp³-hybridized carbons (Fsp3) is 0.294. The Kier molecular flexibility index (Phi) is 3.86. The Morgan fingerprint density at radius 2 is 2.14 bits per heavy atom. The average molecular weight is 281 g/mol. The summed E-state index contributed by atoms with van der Waals surface area (Å²) in [7, 11) is 0. The number of imidazole rings is 1. The van der Waals surface area contributed by atoms with Gasteiger partial charge in [-0.3, -0.25) is 4.98 Å². The summed E-state index contributed by atoms with van der Waals surface area (Å²) in [6.45, 7) is 4.96. The molecule has 0 spiro atoms. The smallest absolute Gasteiger partial charge is 0.142 e. The second-order valence-electron chi connectivity index (χ2n) is 5.18. The first-order chi connectivity index (χ1) is 10.3. The second kappa shape index (κ2) is 5.95. The molecule has 108 valence electrons. The van der Waals surface area contributed by atoms with E-state index in [9.17, 15) is 0 Å². The van der Waals surface area contributed by atoms with Crippen molar-refractivity contribution < 1.29 is 4.74 Å². The number of hydrogen-bond donors (Lipinski definition) is 1. The van der Waals surface area contributed by atoms with Crippen molar-refractivity contribution in [1.29, 1.82) is 0 Å². The highest BCUT2D eigenvalue weighted by molar-refractivity contribution is 5.79. The van der Waals surface area contributed by atoms with Crippen LogP contribution in [0.2, 0.25) is 0 Å². The molecule has 0 unspecified atom stereocenters. The van der Waals surface area contributed by atoms with Crippen LogP contribution < -0.4 is 4.74 Å². The minimum Gasteiger partial charge on any atom is -0.493 e. The quantitative estimate of drug-likeness (QED) is 0.716. The zero-order chi connectivity index (χ0) is 14.7. The molecule has 0 bridgehead atoms. The molecule has 0 fully saturated rings. The minimum absolute atomic E-state index is 0.731. The normalized spacial score (nSPS) is 11.0. The molecule has 1 N–H and O–H groups in total. The predicted octanol–water partition coefficient (Wildman–Crippen LogP) is 4.11. The topological polar surface area (TPSA) is 50.8 Å². The van der Waals surface area contributed by atoms with Crippen LogP contribution in [-0.2, 0) is 0 Å². The van der Waals surface area contributed by atoms with Gasteiger partial charge in [0.2, 0.25) is 0 Å². The van der Waals surface area contributed by atoms with Crippen LogP contribution in [0.5, 0.6) is 5.75 Å². The fourth-order valence-corrected chi connectivity index (χ4v) is 2.26. The van der Waals surface area contributed by atoms with Crippen LogP contribution in [0.4, 0.5) is 0 Å². The zero-order valence-corrected chi connectivity index (χ0v) is 12.4. The summed E-state index contributed by atoms with van der Waals surface area (Å²) in [5, 5.41) is 0. The maximum Gasteiger partial charge on any atom is 0.142 e. The SMILES string of the molecule is CCCCOc1cc(C)ccc1-c1nc2cnccc2[nH]1. The van der Waals surface area contributed by atoms with E-state index >= 15 is 0 Å². The monoisotopic (exact) mass is 281 g/mol. The Morgan fingerprint density at radius 3 is 2.95 bits per heavy atom. The molecule has 0 atom stereocenters. The van der Waals surface area contributed by atoms with Crippen molar-refractivity contribution in [1.82, 2.24) is 15.0 Å². The lowest BCUT2D eigenvalue weighted by atomic mass is 10.1. The van der Waals surface area contributed by atoms with Gasteiger partial charge in [0.15, 0.2) is 0 Å². The van der Waals surface area contributed by atoms with E-state index < -0.39 is 0 Å². The molecule has 0 radical (unpaired) electrons. The third-order valence-electron chi connectivity index (χ3n) is 3.43. The number of ether oxygens (including phenoxy) is 1. The largest absolute Gasteiger partial charge is 0.493 e. The van der Waals surface area contributed by atoms with E-state index in [0.717, 1.165) is 47.6 Å². The molecule has 3 aromatic rings. The van der Waals surface area contributed by atoms with Gasteiger partial charge >= 0.3 is 0 Å². The molecule has 2 aromatic heterocycles. The summed E-state index contributed by atoms with van der Waals surface area (Å²) in [5.74, 6) is 1.71. The number of aromatic nitrogens is 3. The molecular formula is C17H19N3O. The van der Waals surface area contributed by atoms with E-state index in [4.69, 9.17) is 4.74 Å². The molecule has 4 heteroatoms. The van der Waals surface area contributed by atoms with Crippen LogP contribution in [0.15, 0.2) is 36.7 Å². The van der Waals surface area contributed by atoms with Crippen LogP contribution >= 0.6 is 0 Å². The number of fused-ring (bicyclic) bond motifs is 1. The van der Waals surface area contributed by atoms with Crippen LogP contribution in [0.1, 0.15) is 25.3 Å². The Morgan fingerprint density at radius 1 is 1.24 bits per heavy atom. The Hall–Kier alpha value is -2.36. The Labute approximate surface area is 124 Å². The average Bonchev–Trinajstić information content (AvgIpc) is 2.91. The van der Waals surface area contributed by atoms with Crippen molar-refractivity contribution in [3.63, 3.8) is 0 Å². The first kappa shape index (κ1) is 13.6. The molecular weight excluding hydrogens is 262 g/mol. The number of aromatic amines is 1. The first-order valence-corrected chi connectivity index (χ1v) is 7.31. The molecule has 3 rings (SSSR count). The van der Waals surface area contributed by atoms with Crippen molar-refractivity contribution in [3.8, 4) is 17.1 Å². The number of nitrogens with one attached hydrogen (secondary N) is 1. The summed E-state index contributed by atoms with van der Waals surface area (Å²) in [6, 6.07) is 8.13. The lowest BCUT2D eigenvalue weighted by Gasteiger charge is -2.10. The molecule has 0 amide bonds. The number of aryl methyl sites for hydroxylation is 1. The minimum atomic E-state index is 0.731. The maximum absolute atomic E-state index is 5.93. The number of rotatable bonds is 5. The molecule has 0 saturated carbocycles. The van der Waals surface area contributed by atoms with E-state index in [1.54, 1.807) is 12.4 Å². The van der Waals surface area contributed by atoms with Gasteiger partial charge in [-0.15, -0.1) is 0 Å². The highest BCUT2D eigenvalue weighted by atomic mass is 16.5. The van der Waals surface area contributed by atoms with Gasteiger partial charge < -0.3 is 9.72 Å². The lowest BCUT2D eigenvalue weighted by Crippen LogP contribution is -1.99. The van der Waals surface area contributed by atoms with E-state index in [1.807, 2.05) is 6.07 Å². The van der Waals surface area contributed by atoms with Gasteiger partial charge in [0.05, 0.1) is 23.9 Å². The third-order valence-corrected chi connectivity index (χ3v) is 3.43. The second-order valence-corrected chi connectivity index (χ2v) is 5.18. The highest BCUT2D eigenvalue weighted by Crippen LogP contribution is 2.30. The van der Waals surface area contributed by atoms with E-state index in [1.165, 1.54) is 5.56 Å². The molecule has 21 heavy (non-hydrogen) atoms. The summed E-state index contributed by atoms with van der Waals surface area (Å²) in [4.78, 5) is 12.0. The van der Waals surface area contributed by atoms with Crippen LogP contribution in [0.3, 0.4) is 0 Å². The molecule has 1 aromatic carbocycles. The van der Waals surface area contributed by atoms with E-state index in [0.29, 0.717) is 0 Å².